The Labute approximate surface area is 135 Å². The van der Waals surface area contributed by atoms with Gasteiger partial charge in [-0.25, -0.2) is 0 Å². The van der Waals surface area contributed by atoms with Gasteiger partial charge in [-0.05, 0) is 24.1 Å². The monoisotopic (exact) mass is 309 g/mol. The van der Waals surface area contributed by atoms with Gasteiger partial charge in [0.1, 0.15) is 6.04 Å². The fourth-order valence-corrected chi connectivity index (χ4v) is 4.70. The molecule has 0 aliphatic carbocycles. The first-order chi connectivity index (χ1) is 10.9. The zero-order valence-electron chi connectivity index (χ0n) is 12.6. The first kappa shape index (κ1) is 13.8. The molecule has 1 aromatic carbocycles. The van der Waals surface area contributed by atoms with Gasteiger partial charge in [0, 0.05) is 18.0 Å². The van der Waals surface area contributed by atoms with Crippen LogP contribution < -0.4 is 0 Å². The van der Waals surface area contributed by atoms with Crippen molar-refractivity contribution in [3.8, 4) is 0 Å². The Hall–Kier alpha value is -1.81. The van der Waals surface area contributed by atoms with E-state index in [1.165, 1.54) is 10.7 Å². The zero-order valence-corrected chi connectivity index (χ0v) is 13.4. The largest absolute Gasteiger partial charge is 0.338 e. The van der Waals surface area contributed by atoms with Crippen LogP contribution in [0.15, 0.2) is 59.7 Å². The third-order valence-corrected chi connectivity index (χ3v) is 5.60. The summed E-state index contributed by atoms with van der Waals surface area (Å²) in [6.07, 6.45) is 3.02. The van der Waals surface area contributed by atoms with Crippen molar-refractivity contribution >= 4 is 16.9 Å². The smallest absolute Gasteiger partial charge is 0.160 e. The molecule has 1 saturated heterocycles. The molecule has 4 heteroatoms. The predicted octanol–water partition coefficient (Wildman–Crippen LogP) is 4.06. The van der Waals surface area contributed by atoms with Crippen LogP contribution in [-0.2, 0) is 0 Å². The minimum Gasteiger partial charge on any atom is -0.338 e. The Morgan fingerprint density at radius 2 is 1.95 bits per heavy atom. The molecule has 0 radical (unpaired) electrons. The van der Waals surface area contributed by atoms with Crippen molar-refractivity contribution in [2.75, 3.05) is 5.75 Å². The summed E-state index contributed by atoms with van der Waals surface area (Å²) in [5, 5.41) is 1.19. The molecule has 22 heavy (non-hydrogen) atoms. The minimum atomic E-state index is 0.0976. The number of nitrogens with zero attached hydrogens (tertiary/aromatic N) is 3. The fourth-order valence-electron chi connectivity index (χ4n) is 3.36. The van der Waals surface area contributed by atoms with Crippen LogP contribution in [0.1, 0.15) is 36.7 Å². The lowest BCUT2D eigenvalue weighted by molar-refractivity contribution is 0.255. The highest BCUT2D eigenvalue weighted by molar-refractivity contribution is 8.14. The molecule has 0 saturated carbocycles. The average molecular weight is 309 g/mol. The van der Waals surface area contributed by atoms with Gasteiger partial charge in [-0.2, -0.15) is 0 Å². The van der Waals surface area contributed by atoms with Gasteiger partial charge in [0.2, 0.25) is 0 Å². The van der Waals surface area contributed by atoms with Crippen LogP contribution in [0.25, 0.3) is 0 Å². The van der Waals surface area contributed by atoms with Gasteiger partial charge in [0.05, 0.1) is 11.7 Å². The van der Waals surface area contributed by atoms with Gasteiger partial charge in [-0.3, -0.25) is 9.98 Å². The van der Waals surface area contributed by atoms with Crippen LogP contribution in [0.5, 0.6) is 0 Å². The van der Waals surface area contributed by atoms with Crippen LogP contribution in [0.3, 0.4) is 0 Å². The molecular formula is C18H19N3S. The second-order valence-electron chi connectivity index (χ2n) is 5.75. The van der Waals surface area contributed by atoms with E-state index in [-0.39, 0.29) is 12.1 Å². The summed E-state index contributed by atoms with van der Waals surface area (Å²) in [7, 11) is 0. The van der Waals surface area contributed by atoms with E-state index >= 15 is 0 Å². The molecule has 0 amide bonds. The number of benzene rings is 1. The topological polar surface area (TPSA) is 28.5 Å². The molecule has 0 bridgehead atoms. The highest BCUT2D eigenvalue weighted by Gasteiger charge is 2.45. The van der Waals surface area contributed by atoms with Gasteiger partial charge in [0.25, 0.3) is 0 Å². The number of hydrogen-bond acceptors (Lipinski definition) is 4. The molecule has 0 unspecified atom stereocenters. The second kappa shape index (κ2) is 5.76. The molecule has 1 aromatic heterocycles. The summed E-state index contributed by atoms with van der Waals surface area (Å²) < 4.78 is 0. The Morgan fingerprint density at radius 3 is 2.68 bits per heavy atom. The Balaban J connectivity index is 1.79. The molecule has 2 aromatic rings. The van der Waals surface area contributed by atoms with Crippen LogP contribution in [0.4, 0.5) is 0 Å². The van der Waals surface area contributed by atoms with E-state index in [4.69, 9.17) is 4.99 Å². The molecule has 112 valence electrons. The van der Waals surface area contributed by atoms with E-state index in [0.717, 1.165) is 17.9 Å². The van der Waals surface area contributed by atoms with Crippen LogP contribution in [0.2, 0.25) is 0 Å². The van der Waals surface area contributed by atoms with E-state index in [9.17, 15) is 0 Å². The van der Waals surface area contributed by atoms with Gasteiger partial charge < -0.3 is 4.90 Å². The van der Waals surface area contributed by atoms with E-state index in [0.29, 0.717) is 6.04 Å². The maximum absolute atomic E-state index is 5.02. The SMILES string of the molecule is CC[C@@H]1CSC2=N[C@@H](c3ccccn3)[C@@H](c3ccccc3)N21. The van der Waals surface area contributed by atoms with Gasteiger partial charge in [-0.1, -0.05) is 55.1 Å². The molecule has 3 heterocycles. The molecular weight excluding hydrogens is 290 g/mol. The molecule has 3 atom stereocenters. The lowest BCUT2D eigenvalue weighted by atomic mass is 9.95. The standard InChI is InChI=1S/C18H19N3S/c1-2-14-12-22-18-20-16(15-10-6-7-11-19-15)17(21(14)18)13-8-4-3-5-9-13/h3-11,14,16-17H,2,12H2,1H3/t14-,16+,17-/m1/s1. The third-order valence-electron chi connectivity index (χ3n) is 4.47. The molecule has 2 aliphatic heterocycles. The number of thioether (sulfide) groups is 1. The van der Waals surface area contributed by atoms with E-state index in [1.54, 1.807) is 0 Å². The molecule has 0 spiro atoms. The quantitative estimate of drug-likeness (QED) is 0.856. The van der Waals surface area contributed by atoms with Crippen LogP contribution >= 0.6 is 11.8 Å². The Bertz CT molecular complexity index is 671. The van der Waals surface area contributed by atoms with E-state index in [1.807, 2.05) is 24.0 Å². The zero-order chi connectivity index (χ0) is 14.9. The van der Waals surface area contributed by atoms with Crippen LogP contribution in [-0.4, -0.2) is 26.8 Å². The second-order valence-corrected chi connectivity index (χ2v) is 6.73. The van der Waals surface area contributed by atoms with E-state index in [2.05, 4.69) is 59.3 Å². The highest BCUT2D eigenvalue weighted by atomic mass is 32.2. The summed E-state index contributed by atoms with van der Waals surface area (Å²) >= 11 is 1.89. The van der Waals surface area contributed by atoms with E-state index < -0.39 is 0 Å². The number of aromatic nitrogens is 1. The first-order valence-corrected chi connectivity index (χ1v) is 8.82. The first-order valence-electron chi connectivity index (χ1n) is 7.83. The molecule has 0 N–H and O–H groups in total. The molecule has 3 nitrogen and oxygen atoms in total. The summed E-state index contributed by atoms with van der Waals surface area (Å²) in [4.78, 5) is 12.1. The highest BCUT2D eigenvalue weighted by Crippen LogP contribution is 2.48. The van der Waals surface area contributed by atoms with Crippen molar-refractivity contribution in [1.29, 1.82) is 0 Å². The van der Waals surface area contributed by atoms with Gasteiger partial charge in [-0.15, -0.1) is 0 Å². The number of amidine groups is 1. The maximum Gasteiger partial charge on any atom is 0.160 e. The summed E-state index contributed by atoms with van der Waals surface area (Å²) in [6, 6.07) is 17.8. The summed E-state index contributed by atoms with van der Waals surface area (Å²) in [5.41, 5.74) is 2.39. The number of pyridine rings is 1. The predicted molar refractivity (Wildman–Crippen MR) is 92.0 cm³/mol. The normalized spacial score (nSPS) is 26.9. The van der Waals surface area contributed by atoms with Crippen molar-refractivity contribution in [1.82, 2.24) is 9.88 Å². The van der Waals surface area contributed by atoms with Crippen molar-refractivity contribution in [3.05, 3.63) is 66.0 Å². The Kier molecular flexibility index (Phi) is 3.62. The fraction of sp³-hybridized carbons (Fsp3) is 0.333. The lowest BCUT2D eigenvalue weighted by Gasteiger charge is -2.31. The summed E-state index contributed by atoms with van der Waals surface area (Å²) in [6.45, 7) is 2.27. The number of rotatable bonds is 3. The number of aliphatic imine (C=N–C) groups is 1. The van der Waals surface area contributed by atoms with Crippen molar-refractivity contribution in [3.63, 3.8) is 0 Å². The van der Waals surface area contributed by atoms with Crippen molar-refractivity contribution in [2.45, 2.75) is 31.5 Å². The molecule has 4 rings (SSSR count). The minimum absolute atomic E-state index is 0.0976. The lowest BCUT2D eigenvalue weighted by Crippen LogP contribution is -2.35. The maximum atomic E-state index is 5.02. The Morgan fingerprint density at radius 1 is 1.14 bits per heavy atom. The molecule has 1 fully saturated rings. The van der Waals surface area contributed by atoms with Gasteiger partial charge >= 0.3 is 0 Å². The molecule has 2 aliphatic rings. The average Bonchev–Trinajstić information content (AvgIpc) is 3.15. The number of fused-ring (bicyclic) bond motifs is 1. The van der Waals surface area contributed by atoms with Crippen LogP contribution in [0, 0.1) is 0 Å². The van der Waals surface area contributed by atoms with Crippen molar-refractivity contribution in [2.24, 2.45) is 4.99 Å². The summed E-state index contributed by atoms with van der Waals surface area (Å²) in [5.74, 6) is 1.15. The van der Waals surface area contributed by atoms with Crippen molar-refractivity contribution < 1.29 is 0 Å². The van der Waals surface area contributed by atoms with Gasteiger partial charge in [0.15, 0.2) is 5.17 Å². The third kappa shape index (κ3) is 2.22. The number of hydrogen-bond donors (Lipinski definition) is 0.